The lowest BCUT2D eigenvalue weighted by Crippen LogP contribution is -2.41. The second-order valence-corrected chi connectivity index (χ2v) is 8.51. The Morgan fingerprint density at radius 3 is 2.33 bits per heavy atom. The number of carbonyl (C=O) groups excluding carboxylic acids is 2. The molecule has 144 valence electrons. The number of aromatic nitrogens is 1. The molecule has 2 heterocycles. The Kier molecular flexibility index (Phi) is 5.33. The Balaban J connectivity index is 1.65. The average Bonchev–Trinajstić information content (AvgIpc) is 3.05. The number of anilines is 1. The second-order valence-electron chi connectivity index (χ2n) is 6.57. The minimum absolute atomic E-state index is 0.0333. The van der Waals surface area contributed by atoms with Crippen LogP contribution in [0.3, 0.4) is 0 Å². The lowest BCUT2D eigenvalue weighted by molar-refractivity contribution is -0.120. The van der Waals surface area contributed by atoms with E-state index in [4.69, 9.17) is 5.73 Å². The van der Waals surface area contributed by atoms with Gasteiger partial charge in [0.1, 0.15) is 10.6 Å². The first-order valence-electron chi connectivity index (χ1n) is 8.61. The lowest BCUT2D eigenvalue weighted by atomic mass is 9.97. The van der Waals surface area contributed by atoms with Crippen LogP contribution < -0.4 is 11.1 Å². The SMILES string of the molecule is Cn1cc(S(=O)(=O)N2CCC(C(=O)Nc3ccccc3)CC2)cc1C(N)=O. The first-order chi connectivity index (χ1) is 12.8. The third-order valence-electron chi connectivity index (χ3n) is 4.74. The molecule has 2 aromatic rings. The predicted molar refractivity (Wildman–Crippen MR) is 100 cm³/mol. The Bertz CT molecular complexity index is 945. The van der Waals surface area contributed by atoms with Crippen LogP contribution in [-0.2, 0) is 21.9 Å². The van der Waals surface area contributed by atoms with Gasteiger partial charge in [-0.15, -0.1) is 0 Å². The molecule has 0 radical (unpaired) electrons. The summed E-state index contributed by atoms with van der Waals surface area (Å²) in [6, 6.07) is 10.4. The monoisotopic (exact) mass is 390 g/mol. The number of primary amides is 1. The van der Waals surface area contributed by atoms with Crippen LogP contribution >= 0.6 is 0 Å². The molecule has 1 aromatic carbocycles. The first kappa shape index (κ1) is 19.1. The Morgan fingerprint density at radius 2 is 1.78 bits per heavy atom. The summed E-state index contributed by atoms with van der Waals surface area (Å²) in [5.41, 5.74) is 6.11. The standard InChI is InChI=1S/C18H22N4O4S/c1-21-12-15(11-16(21)17(19)23)27(25,26)22-9-7-13(8-10-22)18(24)20-14-5-3-2-4-6-14/h2-6,11-13H,7-10H2,1H3,(H2,19,23)(H,20,24). The molecule has 9 heteroatoms. The quantitative estimate of drug-likeness (QED) is 0.797. The van der Waals surface area contributed by atoms with Crippen molar-refractivity contribution in [3.05, 3.63) is 48.3 Å². The van der Waals surface area contributed by atoms with E-state index in [2.05, 4.69) is 5.32 Å². The molecule has 0 aliphatic carbocycles. The van der Waals surface area contributed by atoms with Crippen molar-refractivity contribution in [3.8, 4) is 0 Å². The topological polar surface area (TPSA) is 114 Å². The molecule has 0 spiro atoms. The highest BCUT2D eigenvalue weighted by atomic mass is 32.2. The van der Waals surface area contributed by atoms with Crippen molar-refractivity contribution in [2.45, 2.75) is 17.7 Å². The predicted octanol–water partition coefficient (Wildman–Crippen LogP) is 1.16. The Hall–Kier alpha value is -2.65. The van der Waals surface area contributed by atoms with E-state index in [1.54, 1.807) is 7.05 Å². The fourth-order valence-corrected chi connectivity index (χ4v) is 4.74. The van der Waals surface area contributed by atoms with Crippen molar-refractivity contribution in [1.29, 1.82) is 0 Å². The summed E-state index contributed by atoms with van der Waals surface area (Å²) in [7, 11) is -2.16. The highest BCUT2D eigenvalue weighted by Gasteiger charge is 2.33. The normalized spacial score (nSPS) is 16.2. The number of para-hydroxylation sites is 1. The first-order valence-corrected chi connectivity index (χ1v) is 10.1. The van der Waals surface area contributed by atoms with E-state index < -0.39 is 15.9 Å². The molecule has 8 nitrogen and oxygen atoms in total. The van der Waals surface area contributed by atoms with E-state index in [-0.39, 0.29) is 35.5 Å². The number of benzene rings is 1. The van der Waals surface area contributed by atoms with Gasteiger partial charge in [0.15, 0.2) is 0 Å². The van der Waals surface area contributed by atoms with E-state index in [1.165, 1.54) is 21.1 Å². The Labute approximate surface area is 158 Å². The molecular formula is C18H22N4O4S. The van der Waals surface area contributed by atoms with Crippen LogP contribution in [0.4, 0.5) is 5.69 Å². The lowest BCUT2D eigenvalue weighted by Gasteiger charge is -2.30. The minimum atomic E-state index is -3.73. The molecule has 1 aromatic heterocycles. The van der Waals surface area contributed by atoms with Crippen LogP contribution in [0.15, 0.2) is 47.5 Å². The van der Waals surface area contributed by atoms with Gasteiger partial charge in [-0.1, -0.05) is 18.2 Å². The molecule has 3 rings (SSSR count). The average molecular weight is 390 g/mol. The van der Waals surface area contributed by atoms with Crippen LogP contribution in [0.1, 0.15) is 23.3 Å². The number of hydrogen-bond acceptors (Lipinski definition) is 4. The minimum Gasteiger partial charge on any atom is -0.364 e. The molecule has 0 saturated carbocycles. The summed E-state index contributed by atoms with van der Waals surface area (Å²) in [6.45, 7) is 0.492. The van der Waals surface area contributed by atoms with Crippen LogP contribution in [0.25, 0.3) is 0 Å². The highest BCUT2D eigenvalue weighted by Crippen LogP contribution is 2.25. The molecule has 1 aliphatic heterocycles. The smallest absolute Gasteiger partial charge is 0.265 e. The molecule has 0 unspecified atom stereocenters. The second kappa shape index (κ2) is 7.53. The van der Waals surface area contributed by atoms with Crippen molar-refractivity contribution in [2.24, 2.45) is 18.7 Å². The van der Waals surface area contributed by atoms with Crippen molar-refractivity contribution < 1.29 is 18.0 Å². The van der Waals surface area contributed by atoms with Gasteiger partial charge >= 0.3 is 0 Å². The van der Waals surface area contributed by atoms with Gasteiger partial charge in [-0.25, -0.2) is 8.42 Å². The van der Waals surface area contributed by atoms with Gasteiger partial charge in [-0.2, -0.15) is 4.31 Å². The van der Waals surface area contributed by atoms with E-state index in [1.807, 2.05) is 30.3 Å². The maximum atomic E-state index is 12.8. The fourth-order valence-electron chi connectivity index (χ4n) is 3.19. The van der Waals surface area contributed by atoms with Gasteiger partial charge < -0.3 is 15.6 Å². The summed E-state index contributed by atoms with van der Waals surface area (Å²) < 4.78 is 28.4. The molecular weight excluding hydrogens is 368 g/mol. The molecule has 1 aliphatic rings. The van der Waals surface area contributed by atoms with Crippen LogP contribution in [0, 0.1) is 5.92 Å². The van der Waals surface area contributed by atoms with E-state index in [0.29, 0.717) is 12.8 Å². The molecule has 2 amide bonds. The number of sulfonamides is 1. The maximum absolute atomic E-state index is 12.8. The van der Waals surface area contributed by atoms with Gasteiger partial charge in [0.2, 0.25) is 15.9 Å². The third kappa shape index (κ3) is 4.04. The fraction of sp³-hybridized carbons (Fsp3) is 0.333. The molecule has 1 fully saturated rings. The van der Waals surface area contributed by atoms with E-state index >= 15 is 0 Å². The number of aryl methyl sites for hydroxylation is 1. The maximum Gasteiger partial charge on any atom is 0.265 e. The molecule has 3 N–H and O–H groups in total. The summed E-state index contributed by atoms with van der Waals surface area (Å²) in [5, 5.41) is 2.86. The number of amides is 2. The number of rotatable bonds is 5. The summed E-state index contributed by atoms with van der Waals surface area (Å²) in [4.78, 5) is 23.8. The summed E-state index contributed by atoms with van der Waals surface area (Å²) in [5.74, 6) is -1.03. The highest BCUT2D eigenvalue weighted by molar-refractivity contribution is 7.89. The van der Waals surface area contributed by atoms with Crippen LogP contribution in [-0.4, -0.2) is 42.2 Å². The van der Waals surface area contributed by atoms with E-state index in [0.717, 1.165) is 5.69 Å². The van der Waals surface area contributed by atoms with Gasteiger partial charge in [0, 0.05) is 37.9 Å². The summed E-state index contributed by atoms with van der Waals surface area (Å²) >= 11 is 0. The van der Waals surface area contributed by atoms with Crippen molar-refractivity contribution in [3.63, 3.8) is 0 Å². The number of piperidine rings is 1. The van der Waals surface area contributed by atoms with Gasteiger partial charge in [-0.3, -0.25) is 9.59 Å². The van der Waals surface area contributed by atoms with Crippen LogP contribution in [0.2, 0.25) is 0 Å². The van der Waals surface area contributed by atoms with Gasteiger partial charge in [-0.05, 0) is 31.0 Å². The molecule has 27 heavy (non-hydrogen) atoms. The Morgan fingerprint density at radius 1 is 1.15 bits per heavy atom. The summed E-state index contributed by atoms with van der Waals surface area (Å²) in [6.07, 6.45) is 2.25. The number of nitrogens with zero attached hydrogens (tertiary/aromatic N) is 2. The molecule has 0 atom stereocenters. The third-order valence-corrected chi connectivity index (χ3v) is 6.60. The zero-order chi connectivity index (χ0) is 19.6. The van der Waals surface area contributed by atoms with E-state index in [9.17, 15) is 18.0 Å². The number of hydrogen-bond donors (Lipinski definition) is 2. The molecule has 1 saturated heterocycles. The van der Waals surface area contributed by atoms with Crippen molar-refractivity contribution in [2.75, 3.05) is 18.4 Å². The number of nitrogens with one attached hydrogen (secondary N) is 1. The van der Waals surface area contributed by atoms with Crippen molar-refractivity contribution in [1.82, 2.24) is 8.87 Å². The zero-order valence-corrected chi connectivity index (χ0v) is 15.8. The van der Waals surface area contributed by atoms with Gasteiger partial charge in [0.05, 0.1) is 0 Å². The molecule has 0 bridgehead atoms. The largest absolute Gasteiger partial charge is 0.364 e. The van der Waals surface area contributed by atoms with Gasteiger partial charge in [0.25, 0.3) is 5.91 Å². The van der Waals surface area contributed by atoms with Crippen LogP contribution in [0.5, 0.6) is 0 Å². The zero-order valence-electron chi connectivity index (χ0n) is 15.0. The number of carbonyl (C=O) groups is 2. The van der Waals surface area contributed by atoms with Crippen molar-refractivity contribution >= 4 is 27.5 Å². The number of nitrogens with two attached hydrogens (primary N) is 1.